The van der Waals surface area contributed by atoms with E-state index in [1.165, 1.54) is 18.3 Å². The van der Waals surface area contributed by atoms with E-state index in [9.17, 15) is 9.90 Å². The zero-order valence-electron chi connectivity index (χ0n) is 10.4. The van der Waals surface area contributed by atoms with Crippen molar-refractivity contribution in [2.75, 3.05) is 0 Å². The van der Waals surface area contributed by atoms with Crippen molar-refractivity contribution >= 4 is 12.1 Å². The Morgan fingerprint density at radius 1 is 1.20 bits per heavy atom. The number of phenols is 1. The van der Waals surface area contributed by atoms with E-state index < -0.39 is 5.91 Å². The molecule has 5 heteroatoms. The van der Waals surface area contributed by atoms with Gasteiger partial charge < -0.3 is 5.11 Å². The standard InChI is InChI=1S/C15H11N3O2/c16-9-11-5-7-12(8-6-11)10-17-18-15(20)13-3-1-2-4-14(13)19/h1-8,10,19H,(H,18,20). The first kappa shape index (κ1) is 13.3. The largest absolute Gasteiger partial charge is 0.507 e. The molecule has 20 heavy (non-hydrogen) atoms. The number of rotatable bonds is 3. The summed E-state index contributed by atoms with van der Waals surface area (Å²) in [7, 11) is 0. The number of hydrazone groups is 1. The molecule has 0 aliphatic carbocycles. The van der Waals surface area contributed by atoms with E-state index in [2.05, 4.69) is 10.5 Å². The van der Waals surface area contributed by atoms with Crippen molar-refractivity contribution in [3.8, 4) is 11.8 Å². The van der Waals surface area contributed by atoms with Crippen LogP contribution in [-0.4, -0.2) is 17.2 Å². The lowest BCUT2D eigenvalue weighted by Gasteiger charge is -2.01. The number of benzene rings is 2. The normalized spacial score (nSPS) is 10.2. The highest BCUT2D eigenvalue weighted by atomic mass is 16.3. The summed E-state index contributed by atoms with van der Waals surface area (Å²) in [6.07, 6.45) is 1.46. The van der Waals surface area contributed by atoms with Gasteiger partial charge in [-0.3, -0.25) is 4.79 Å². The minimum absolute atomic E-state index is 0.0985. The second kappa shape index (κ2) is 6.16. The Morgan fingerprint density at radius 3 is 2.55 bits per heavy atom. The number of nitrogens with zero attached hydrogens (tertiary/aromatic N) is 2. The molecule has 0 aliphatic heterocycles. The minimum atomic E-state index is -0.493. The summed E-state index contributed by atoms with van der Waals surface area (Å²) < 4.78 is 0. The zero-order chi connectivity index (χ0) is 14.4. The maximum Gasteiger partial charge on any atom is 0.275 e. The number of aromatic hydroxyl groups is 1. The molecule has 0 unspecified atom stereocenters. The third kappa shape index (κ3) is 3.21. The predicted octanol–water partition coefficient (Wildman–Crippen LogP) is 2.03. The van der Waals surface area contributed by atoms with Crippen molar-refractivity contribution in [2.45, 2.75) is 0 Å². The van der Waals surface area contributed by atoms with E-state index in [1.807, 2.05) is 6.07 Å². The van der Waals surface area contributed by atoms with Gasteiger partial charge in [-0.05, 0) is 29.8 Å². The van der Waals surface area contributed by atoms with Gasteiger partial charge in [0, 0.05) is 0 Å². The minimum Gasteiger partial charge on any atom is -0.507 e. The average molecular weight is 265 g/mol. The molecule has 2 N–H and O–H groups in total. The molecule has 0 spiro atoms. The Labute approximate surface area is 115 Å². The van der Waals surface area contributed by atoms with Gasteiger partial charge in [0.25, 0.3) is 5.91 Å². The Balaban J connectivity index is 2.01. The van der Waals surface area contributed by atoms with Gasteiger partial charge in [0.05, 0.1) is 23.4 Å². The molecule has 0 aliphatic rings. The van der Waals surface area contributed by atoms with Gasteiger partial charge in [-0.15, -0.1) is 0 Å². The van der Waals surface area contributed by atoms with Crippen LogP contribution in [0.15, 0.2) is 53.6 Å². The summed E-state index contributed by atoms with van der Waals surface area (Å²) >= 11 is 0. The second-order valence-corrected chi connectivity index (χ2v) is 3.95. The molecule has 0 saturated heterocycles. The molecule has 0 bridgehead atoms. The maximum atomic E-state index is 11.7. The smallest absolute Gasteiger partial charge is 0.275 e. The summed E-state index contributed by atoms with van der Waals surface area (Å²) in [5.74, 6) is -0.591. The van der Waals surface area contributed by atoms with Crippen LogP contribution in [0.25, 0.3) is 0 Å². The molecule has 0 fully saturated rings. The Kier molecular flexibility index (Phi) is 4.10. The van der Waals surface area contributed by atoms with Crippen molar-refractivity contribution in [2.24, 2.45) is 5.10 Å². The van der Waals surface area contributed by atoms with E-state index in [1.54, 1.807) is 36.4 Å². The van der Waals surface area contributed by atoms with E-state index in [4.69, 9.17) is 5.26 Å². The molecule has 0 saturated carbocycles. The van der Waals surface area contributed by atoms with Crippen LogP contribution in [0.1, 0.15) is 21.5 Å². The Bertz CT molecular complexity index is 685. The quantitative estimate of drug-likeness (QED) is 0.657. The number of carbonyl (C=O) groups excluding carboxylic acids is 1. The molecular weight excluding hydrogens is 254 g/mol. The number of hydrogen-bond donors (Lipinski definition) is 2. The number of hydrogen-bond acceptors (Lipinski definition) is 4. The molecule has 1 amide bonds. The molecule has 0 heterocycles. The number of phenolic OH excluding ortho intramolecular Hbond substituents is 1. The molecule has 5 nitrogen and oxygen atoms in total. The molecular formula is C15H11N3O2. The average Bonchev–Trinajstić information content (AvgIpc) is 2.48. The van der Waals surface area contributed by atoms with E-state index in [-0.39, 0.29) is 11.3 Å². The maximum absolute atomic E-state index is 11.7. The van der Waals surface area contributed by atoms with Gasteiger partial charge in [0.1, 0.15) is 5.75 Å². The summed E-state index contributed by atoms with van der Waals surface area (Å²) in [5, 5.41) is 22.0. The van der Waals surface area contributed by atoms with Gasteiger partial charge >= 0.3 is 0 Å². The molecule has 2 rings (SSSR count). The van der Waals surface area contributed by atoms with Gasteiger partial charge in [0.2, 0.25) is 0 Å². The molecule has 0 aromatic heterocycles. The van der Waals surface area contributed by atoms with Gasteiger partial charge in [-0.25, -0.2) is 5.43 Å². The summed E-state index contributed by atoms with van der Waals surface area (Å²) in [6, 6.07) is 15.0. The van der Waals surface area contributed by atoms with Gasteiger partial charge in [0.15, 0.2) is 0 Å². The number of amides is 1. The van der Waals surface area contributed by atoms with Crippen LogP contribution in [-0.2, 0) is 0 Å². The lowest BCUT2D eigenvalue weighted by molar-refractivity contribution is 0.0952. The molecule has 0 radical (unpaired) electrons. The fourth-order valence-electron chi connectivity index (χ4n) is 1.54. The van der Waals surface area contributed by atoms with Crippen LogP contribution >= 0.6 is 0 Å². The van der Waals surface area contributed by atoms with Crippen molar-refractivity contribution in [3.05, 3.63) is 65.2 Å². The molecule has 2 aromatic rings. The summed E-state index contributed by atoms with van der Waals surface area (Å²) in [6.45, 7) is 0. The molecule has 0 atom stereocenters. The first-order valence-electron chi connectivity index (χ1n) is 5.82. The number of nitrogens with one attached hydrogen (secondary N) is 1. The van der Waals surface area contributed by atoms with E-state index in [0.717, 1.165) is 5.56 Å². The van der Waals surface area contributed by atoms with E-state index in [0.29, 0.717) is 5.56 Å². The zero-order valence-corrected chi connectivity index (χ0v) is 10.4. The summed E-state index contributed by atoms with van der Waals surface area (Å²) in [5.41, 5.74) is 3.79. The van der Waals surface area contributed by atoms with Crippen molar-refractivity contribution in [1.29, 1.82) is 5.26 Å². The fourth-order valence-corrected chi connectivity index (χ4v) is 1.54. The molecule has 98 valence electrons. The van der Waals surface area contributed by atoms with Crippen LogP contribution in [0.5, 0.6) is 5.75 Å². The Hall–Kier alpha value is -3.13. The van der Waals surface area contributed by atoms with Gasteiger partial charge in [-0.1, -0.05) is 24.3 Å². The first-order valence-corrected chi connectivity index (χ1v) is 5.82. The van der Waals surface area contributed by atoms with Crippen LogP contribution in [0, 0.1) is 11.3 Å². The first-order chi connectivity index (χ1) is 9.70. The summed E-state index contributed by atoms with van der Waals surface area (Å²) in [4.78, 5) is 11.7. The number of carbonyl (C=O) groups is 1. The third-order valence-electron chi connectivity index (χ3n) is 2.57. The van der Waals surface area contributed by atoms with Crippen LogP contribution in [0.4, 0.5) is 0 Å². The highest BCUT2D eigenvalue weighted by Gasteiger charge is 2.08. The fraction of sp³-hybridized carbons (Fsp3) is 0. The highest BCUT2D eigenvalue weighted by molar-refractivity contribution is 5.97. The van der Waals surface area contributed by atoms with Crippen molar-refractivity contribution in [3.63, 3.8) is 0 Å². The Morgan fingerprint density at radius 2 is 1.90 bits per heavy atom. The van der Waals surface area contributed by atoms with Crippen molar-refractivity contribution < 1.29 is 9.90 Å². The predicted molar refractivity (Wildman–Crippen MR) is 74.3 cm³/mol. The van der Waals surface area contributed by atoms with Crippen LogP contribution < -0.4 is 5.43 Å². The lowest BCUT2D eigenvalue weighted by atomic mass is 10.2. The number of para-hydroxylation sites is 1. The van der Waals surface area contributed by atoms with Crippen LogP contribution in [0.3, 0.4) is 0 Å². The van der Waals surface area contributed by atoms with Gasteiger partial charge in [-0.2, -0.15) is 10.4 Å². The topological polar surface area (TPSA) is 85.5 Å². The highest BCUT2D eigenvalue weighted by Crippen LogP contribution is 2.14. The monoisotopic (exact) mass is 265 g/mol. The SMILES string of the molecule is N#Cc1ccc(C=NNC(=O)c2ccccc2O)cc1. The van der Waals surface area contributed by atoms with Crippen LogP contribution in [0.2, 0.25) is 0 Å². The van der Waals surface area contributed by atoms with Crippen molar-refractivity contribution in [1.82, 2.24) is 5.43 Å². The second-order valence-electron chi connectivity index (χ2n) is 3.95. The lowest BCUT2D eigenvalue weighted by Crippen LogP contribution is -2.17. The number of nitriles is 1. The third-order valence-corrected chi connectivity index (χ3v) is 2.57. The molecule has 2 aromatic carbocycles. The van der Waals surface area contributed by atoms with E-state index >= 15 is 0 Å².